The van der Waals surface area contributed by atoms with E-state index in [1.54, 1.807) is 19.1 Å². The fourth-order valence-electron chi connectivity index (χ4n) is 1.73. The number of hydrogen-bond donors (Lipinski definition) is 4. The average Bonchev–Trinajstić information content (AvgIpc) is 2.51. The van der Waals surface area contributed by atoms with E-state index in [9.17, 15) is 9.90 Å². The highest BCUT2D eigenvalue weighted by atomic mass is 35.5. The quantitative estimate of drug-likeness (QED) is 0.540. The first-order valence-electron chi connectivity index (χ1n) is 7.59. The SMILES string of the molecule is CC(C)NCC(O)COc1ccc(C(=O)NC(C)CO)cc1Cl. The number of carbonyl (C=O) groups is 1. The van der Waals surface area contributed by atoms with Crippen molar-refractivity contribution in [3.63, 3.8) is 0 Å². The number of halogens is 1. The van der Waals surface area contributed by atoms with Crippen molar-refractivity contribution >= 4 is 17.5 Å². The van der Waals surface area contributed by atoms with Crippen molar-refractivity contribution in [1.82, 2.24) is 10.6 Å². The average molecular weight is 345 g/mol. The Hall–Kier alpha value is -1.34. The lowest BCUT2D eigenvalue weighted by atomic mass is 10.2. The van der Waals surface area contributed by atoms with Gasteiger partial charge in [0.1, 0.15) is 18.5 Å². The number of amides is 1. The first kappa shape index (κ1) is 19.7. The summed E-state index contributed by atoms with van der Waals surface area (Å²) in [6, 6.07) is 4.62. The highest BCUT2D eigenvalue weighted by Gasteiger charge is 2.13. The second-order valence-electron chi connectivity index (χ2n) is 5.73. The highest BCUT2D eigenvalue weighted by Crippen LogP contribution is 2.25. The summed E-state index contributed by atoms with van der Waals surface area (Å²) in [6.07, 6.45) is -0.651. The highest BCUT2D eigenvalue weighted by molar-refractivity contribution is 6.32. The van der Waals surface area contributed by atoms with Crippen LogP contribution < -0.4 is 15.4 Å². The molecule has 0 saturated carbocycles. The Bertz CT molecular complexity index is 511. The van der Waals surface area contributed by atoms with Gasteiger partial charge in [0.25, 0.3) is 5.91 Å². The molecule has 0 aliphatic carbocycles. The molecule has 23 heavy (non-hydrogen) atoms. The summed E-state index contributed by atoms with van der Waals surface area (Å²) in [5.74, 6) is 0.0863. The number of carbonyl (C=O) groups excluding carboxylic acids is 1. The van der Waals surface area contributed by atoms with E-state index in [1.807, 2.05) is 13.8 Å². The van der Waals surface area contributed by atoms with Gasteiger partial charge in [-0.2, -0.15) is 0 Å². The lowest BCUT2D eigenvalue weighted by Crippen LogP contribution is -2.35. The molecule has 0 bridgehead atoms. The van der Waals surface area contributed by atoms with Crippen LogP contribution in [0.5, 0.6) is 5.75 Å². The Morgan fingerprint density at radius 2 is 2.04 bits per heavy atom. The van der Waals surface area contributed by atoms with E-state index in [-0.39, 0.29) is 31.2 Å². The number of hydrogen-bond acceptors (Lipinski definition) is 5. The van der Waals surface area contributed by atoms with Crippen LogP contribution in [0.25, 0.3) is 0 Å². The number of aliphatic hydroxyl groups is 2. The van der Waals surface area contributed by atoms with Crippen LogP contribution >= 0.6 is 11.6 Å². The van der Waals surface area contributed by atoms with E-state index in [0.717, 1.165) is 0 Å². The predicted molar refractivity (Wildman–Crippen MR) is 90.1 cm³/mol. The molecule has 2 unspecified atom stereocenters. The number of rotatable bonds is 9. The van der Waals surface area contributed by atoms with Gasteiger partial charge in [0.15, 0.2) is 0 Å². The van der Waals surface area contributed by atoms with Crippen molar-refractivity contribution in [3.05, 3.63) is 28.8 Å². The molecule has 1 aromatic rings. The summed E-state index contributed by atoms with van der Waals surface area (Å²) in [6.45, 7) is 6.08. The summed E-state index contributed by atoms with van der Waals surface area (Å²) in [5, 5.41) is 24.8. The summed E-state index contributed by atoms with van der Waals surface area (Å²) in [4.78, 5) is 11.9. The summed E-state index contributed by atoms with van der Waals surface area (Å²) in [5.41, 5.74) is 0.379. The molecule has 1 rings (SSSR count). The Labute approximate surface area is 141 Å². The number of aliphatic hydroxyl groups excluding tert-OH is 2. The largest absolute Gasteiger partial charge is 0.489 e. The maximum atomic E-state index is 11.9. The molecule has 0 spiro atoms. The van der Waals surface area contributed by atoms with Gasteiger partial charge in [0.2, 0.25) is 0 Å². The molecule has 0 aliphatic rings. The smallest absolute Gasteiger partial charge is 0.251 e. The lowest BCUT2D eigenvalue weighted by Gasteiger charge is -2.16. The van der Waals surface area contributed by atoms with Crippen LogP contribution in [-0.2, 0) is 0 Å². The molecule has 0 saturated heterocycles. The molecule has 0 fully saturated rings. The van der Waals surface area contributed by atoms with Crippen molar-refractivity contribution in [2.45, 2.75) is 39.0 Å². The lowest BCUT2D eigenvalue weighted by molar-refractivity contribution is 0.0921. The van der Waals surface area contributed by atoms with Gasteiger partial charge in [-0.15, -0.1) is 0 Å². The summed E-state index contributed by atoms with van der Waals surface area (Å²) in [7, 11) is 0. The van der Waals surface area contributed by atoms with E-state index < -0.39 is 6.10 Å². The van der Waals surface area contributed by atoms with Gasteiger partial charge in [-0.3, -0.25) is 4.79 Å². The van der Waals surface area contributed by atoms with E-state index >= 15 is 0 Å². The predicted octanol–water partition coefficient (Wildman–Crippen LogP) is 1.19. The molecule has 0 radical (unpaired) electrons. The number of nitrogens with one attached hydrogen (secondary N) is 2. The van der Waals surface area contributed by atoms with E-state index in [2.05, 4.69) is 10.6 Å². The Morgan fingerprint density at radius 1 is 1.35 bits per heavy atom. The molecular weight excluding hydrogens is 320 g/mol. The fraction of sp³-hybridized carbons (Fsp3) is 0.562. The minimum absolute atomic E-state index is 0.104. The second kappa shape index (κ2) is 9.72. The van der Waals surface area contributed by atoms with Gasteiger partial charge in [0.05, 0.1) is 11.6 Å². The van der Waals surface area contributed by atoms with Crippen LogP contribution in [0.2, 0.25) is 5.02 Å². The van der Waals surface area contributed by atoms with Gasteiger partial charge >= 0.3 is 0 Å². The minimum atomic E-state index is -0.651. The maximum absolute atomic E-state index is 11.9. The monoisotopic (exact) mass is 344 g/mol. The third-order valence-corrected chi connectivity index (χ3v) is 3.33. The molecule has 2 atom stereocenters. The van der Waals surface area contributed by atoms with E-state index in [4.69, 9.17) is 21.4 Å². The molecule has 0 aromatic heterocycles. The van der Waals surface area contributed by atoms with Gasteiger partial charge in [-0.05, 0) is 25.1 Å². The van der Waals surface area contributed by atoms with Crippen LogP contribution in [0.4, 0.5) is 0 Å². The third kappa shape index (κ3) is 7.18. The minimum Gasteiger partial charge on any atom is -0.489 e. The van der Waals surface area contributed by atoms with Crippen LogP contribution in [-0.4, -0.2) is 54.1 Å². The van der Waals surface area contributed by atoms with Gasteiger partial charge in [0, 0.05) is 24.2 Å². The summed E-state index contributed by atoms with van der Waals surface area (Å²) < 4.78 is 5.47. The Kier molecular flexibility index (Phi) is 8.33. The standard InChI is InChI=1S/C16H25ClN2O4/c1-10(2)18-7-13(21)9-23-15-5-4-12(6-14(15)17)16(22)19-11(3)8-20/h4-6,10-11,13,18,20-21H,7-9H2,1-3H3,(H,19,22). The van der Waals surface area contributed by atoms with Crippen LogP contribution in [0, 0.1) is 0 Å². The molecule has 0 heterocycles. The molecule has 1 aromatic carbocycles. The summed E-state index contributed by atoms with van der Waals surface area (Å²) >= 11 is 6.10. The zero-order chi connectivity index (χ0) is 17.4. The first-order valence-corrected chi connectivity index (χ1v) is 7.96. The molecule has 6 nitrogen and oxygen atoms in total. The Morgan fingerprint density at radius 3 is 2.61 bits per heavy atom. The van der Waals surface area contributed by atoms with Gasteiger partial charge in [-0.25, -0.2) is 0 Å². The molecule has 4 N–H and O–H groups in total. The zero-order valence-corrected chi connectivity index (χ0v) is 14.4. The van der Waals surface area contributed by atoms with Crippen LogP contribution in [0.3, 0.4) is 0 Å². The maximum Gasteiger partial charge on any atom is 0.251 e. The Balaban J connectivity index is 2.57. The normalized spacial score (nSPS) is 13.7. The zero-order valence-electron chi connectivity index (χ0n) is 13.7. The van der Waals surface area contributed by atoms with Gasteiger partial charge < -0.3 is 25.6 Å². The number of ether oxygens (including phenoxy) is 1. The second-order valence-corrected chi connectivity index (χ2v) is 6.14. The van der Waals surface area contributed by atoms with Crippen molar-refractivity contribution in [3.8, 4) is 5.75 Å². The van der Waals surface area contributed by atoms with Crippen LogP contribution in [0.15, 0.2) is 18.2 Å². The molecule has 130 valence electrons. The molecular formula is C16H25ClN2O4. The van der Waals surface area contributed by atoms with Crippen molar-refractivity contribution in [2.75, 3.05) is 19.8 Å². The van der Waals surface area contributed by atoms with Gasteiger partial charge in [-0.1, -0.05) is 25.4 Å². The van der Waals surface area contributed by atoms with Crippen molar-refractivity contribution in [1.29, 1.82) is 0 Å². The fourth-order valence-corrected chi connectivity index (χ4v) is 1.96. The van der Waals surface area contributed by atoms with Crippen molar-refractivity contribution < 1.29 is 19.7 Å². The molecule has 1 amide bonds. The van der Waals surface area contributed by atoms with Crippen LogP contribution in [0.1, 0.15) is 31.1 Å². The first-order chi connectivity index (χ1) is 10.8. The number of benzene rings is 1. The van der Waals surface area contributed by atoms with E-state index in [1.165, 1.54) is 6.07 Å². The molecule has 0 aliphatic heterocycles. The van der Waals surface area contributed by atoms with E-state index in [0.29, 0.717) is 22.9 Å². The topological polar surface area (TPSA) is 90.8 Å². The van der Waals surface area contributed by atoms with Crippen molar-refractivity contribution in [2.24, 2.45) is 0 Å². The third-order valence-electron chi connectivity index (χ3n) is 3.04. The molecule has 7 heteroatoms.